The van der Waals surface area contributed by atoms with Gasteiger partial charge in [0, 0.05) is 6.04 Å². The van der Waals surface area contributed by atoms with Gasteiger partial charge in [-0.2, -0.15) is 5.10 Å². The maximum atomic E-state index is 4.97. The summed E-state index contributed by atoms with van der Waals surface area (Å²) in [5.74, 6) is 0. The van der Waals surface area contributed by atoms with Crippen molar-refractivity contribution in [3.8, 4) is 0 Å². The lowest BCUT2D eigenvalue weighted by atomic mass is 10.3. The molecule has 10 heavy (non-hydrogen) atoms. The molecule has 1 heterocycles. The summed E-state index contributed by atoms with van der Waals surface area (Å²) in [6.45, 7) is 4.24. The first-order valence-corrected chi connectivity index (χ1v) is 3.78. The van der Waals surface area contributed by atoms with Gasteiger partial charge in [-0.25, -0.2) is 0 Å². The summed E-state index contributed by atoms with van der Waals surface area (Å²) in [6, 6.07) is 0.450. The fourth-order valence-electron chi connectivity index (χ4n) is 0.767. The maximum absolute atomic E-state index is 4.97. The Bertz CT molecular complexity index is 249. The molecule has 0 aliphatic rings. The van der Waals surface area contributed by atoms with Crippen LogP contribution in [0, 0.1) is 4.77 Å². The fraction of sp³-hybridized carbons (Fsp3) is 0.667. The number of nitrogens with zero attached hydrogens (tertiary/aromatic N) is 2. The number of hydrogen-bond acceptors (Lipinski definition) is 2. The van der Waals surface area contributed by atoms with Crippen LogP contribution in [0.2, 0.25) is 0 Å². The summed E-state index contributed by atoms with van der Waals surface area (Å²) in [5.41, 5.74) is 0. The number of rotatable bonds is 2. The summed E-state index contributed by atoms with van der Waals surface area (Å²) in [4.78, 5) is 0. The predicted molar refractivity (Wildman–Crippen MR) is 42.4 cm³/mol. The van der Waals surface area contributed by atoms with Crippen molar-refractivity contribution in [1.82, 2.24) is 14.8 Å². The largest absolute Gasteiger partial charge is 0.304 e. The summed E-state index contributed by atoms with van der Waals surface area (Å²) in [5, 5.41) is 6.54. The molecule has 0 radical (unpaired) electrons. The first kappa shape index (κ1) is 7.47. The summed E-state index contributed by atoms with van der Waals surface area (Å²) >= 11 is 4.97. The van der Waals surface area contributed by atoms with E-state index < -0.39 is 0 Å². The van der Waals surface area contributed by atoms with Crippen molar-refractivity contribution in [2.75, 3.05) is 0 Å². The molecule has 0 saturated heterocycles. The highest BCUT2D eigenvalue weighted by Gasteiger charge is 2.00. The van der Waals surface area contributed by atoms with Crippen molar-refractivity contribution >= 4 is 12.2 Å². The van der Waals surface area contributed by atoms with Gasteiger partial charge in [-0.15, -0.1) is 0 Å². The van der Waals surface area contributed by atoms with Crippen molar-refractivity contribution in [2.45, 2.75) is 26.3 Å². The minimum atomic E-state index is 0.450. The Labute approximate surface area is 65.1 Å². The van der Waals surface area contributed by atoms with Crippen LogP contribution >= 0.6 is 12.2 Å². The van der Waals surface area contributed by atoms with Gasteiger partial charge < -0.3 is 4.57 Å². The number of aromatic amines is 1. The minimum Gasteiger partial charge on any atom is -0.304 e. The molecule has 56 valence electrons. The Kier molecular flexibility index (Phi) is 2.21. The van der Waals surface area contributed by atoms with E-state index in [-0.39, 0.29) is 0 Å². The molecular weight excluding hydrogens is 146 g/mol. The van der Waals surface area contributed by atoms with Crippen LogP contribution in [0.25, 0.3) is 0 Å². The average Bonchev–Trinajstić information content (AvgIpc) is 2.34. The van der Waals surface area contributed by atoms with Crippen LogP contribution in [0.1, 0.15) is 26.3 Å². The topological polar surface area (TPSA) is 33.6 Å². The Morgan fingerprint density at radius 3 is 3.00 bits per heavy atom. The lowest BCUT2D eigenvalue weighted by Gasteiger charge is -2.07. The molecule has 4 heteroatoms. The number of H-pyrrole nitrogens is 1. The quantitative estimate of drug-likeness (QED) is 0.665. The van der Waals surface area contributed by atoms with Crippen LogP contribution in [0.4, 0.5) is 0 Å². The van der Waals surface area contributed by atoms with Crippen molar-refractivity contribution in [1.29, 1.82) is 0 Å². The van der Waals surface area contributed by atoms with Gasteiger partial charge in [0.05, 0.1) is 0 Å². The van der Waals surface area contributed by atoms with E-state index in [9.17, 15) is 0 Å². The van der Waals surface area contributed by atoms with Crippen LogP contribution in [0.3, 0.4) is 0 Å². The average molecular weight is 157 g/mol. The van der Waals surface area contributed by atoms with E-state index in [2.05, 4.69) is 24.0 Å². The Hall–Kier alpha value is -0.640. The number of nitrogens with one attached hydrogen (secondary N) is 1. The molecule has 0 saturated carbocycles. The monoisotopic (exact) mass is 157 g/mol. The SMILES string of the molecule is CCC(C)n1cn[nH]c1=S. The van der Waals surface area contributed by atoms with Crippen LogP contribution in [0.5, 0.6) is 0 Å². The van der Waals surface area contributed by atoms with Gasteiger partial charge >= 0.3 is 0 Å². The Morgan fingerprint density at radius 1 is 1.90 bits per heavy atom. The van der Waals surface area contributed by atoms with E-state index in [0.717, 1.165) is 6.42 Å². The van der Waals surface area contributed by atoms with E-state index in [1.54, 1.807) is 6.33 Å². The van der Waals surface area contributed by atoms with E-state index >= 15 is 0 Å². The van der Waals surface area contributed by atoms with Gasteiger partial charge in [0.2, 0.25) is 0 Å². The van der Waals surface area contributed by atoms with Gasteiger partial charge in [0.25, 0.3) is 0 Å². The summed E-state index contributed by atoms with van der Waals surface area (Å²) in [6.07, 6.45) is 2.81. The second-order valence-electron chi connectivity index (χ2n) is 2.33. The first-order valence-electron chi connectivity index (χ1n) is 3.37. The molecule has 0 spiro atoms. The molecule has 1 aromatic rings. The maximum Gasteiger partial charge on any atom is 0.195 e. The Morgan fingerprint density at radius 2 is 2.60 bits per heavy atom. The lowest BCUT2D eigenvalue weighted by Crippen LogP contribution is -2.01. The van der Waals surface area contributed by atoms with Crippen LogP contribution in [-0.4, -0.2) is 14.8 Å². The van der Waals surface area contributed by atoms with Crippen molar-refractivity contribution in [3.05, 3.63) is 11.1 Å². The molecule has 0 aliphatic heterocycles. The summed E-state index contributed by atoms with van der Waals surface area (Å²) in [7, 11) is 0. The zero-order chi connectivity index (χ0) is 7.56. The molecule has 0 bridgehead atoms. The smallest absolute Gasteiger partial charge is 0.195 e. The van der Waals surface area contributed by atoms with Crippen LogP contribution < -0.4 is 0 Å². The molecule has 1 unspecified atom stereocenters. The van der Waals surface area contributed by atoms with E-state index in [4.69, 9.17) is 12.2 Å². The second kappa shape index (κ2) is 2.96. The zero-order valence-electron chi connectivity index (χ0n) is 6.16. The standard InChI is InChI=1S/C6H11N3S/c1-3-5(2)9-4-7-8-6(9)10/h4-5H,3H2,1-2H3,(H,8,10). The van der Waals surface area contributed by atoms with Crippen molar-refractivity contribution in [3.63, 3.8) is 0 Å². The molecule has 0 fully saturated rings. The van der Waals surface area contributed by atoms with E-state index in [1.165, 1.54) is 0 Å². The van der Waals surface area contributed by atoms with Crippen LogP contribution in [0.15, 0.2) is 6.33 Å². The fourth-order valence-corrected chi connectivity index (χ4v) is 1.05. The highest BCUT2D eigenvalue weighted by molar-refractivity contribution is 7.71. The third-order valence-corrected chi connectivity index (χ3v) is 1.94. The predicted octanol–water partition coefficient (Wildman–Crippen LogP) is 1.91. The highest BCUT2D eigenvalue weighted by Crippen LogP contribution is 2.07. The first-order chi connectivity index (χ1) is 4.75. The molecule has 0 amide bonds. The molecule has 1 N–H and O–H groups in total. The lowest BCUT2D eigenvalue weighted by molar-refractivity contribution is 0.523. The number of hydrogen-bond donors (Lipinski definition) is 1. The van der Waals surface area contributed by atoms with Gasteiger partial charge in [-0.1, -0.05) is 6.92 Å². The minimum absolute atomic E-state index is 0.450. The number of aromatic nitrogens is 3. The molecule has 0 aromatic carbocycles. The molecular formula is C6H11N3S. The third-order valence-electron chi connectivity index (χ3n) is 1.64. The van der Waals surface area contributed by atoms with E-state index in [1.807, 2.05) is 4.57 Å². The molecule has 1 rings (SSSR count). The van der Waals surface area contributed by atoms with Crippen LogP contribution in [-0.2, 0) is 0 Å². The van der Waals surface area contributed by atoms with Crippen molar-refractivity contribution < 1.29 is 0 Å². The molecule has 3 nitrogen and oxygen atoms in total. The van der Waals surface area contributed by atoms with Gasteiger partial charge in [-0.3, -0.25) is 5.10 Å². The zero-order valence-corrected chi connectivity index (χ0v) is 6.98. The van der Waals surface area contributed by atoms with Gasteiger partial charge in [0.1, 0.15) is 6.33 Å². The molecule has 1 atom stereocenters. The van der Waals surface area contributed by atoms with Crippen molar-refractivity contribution in [2.24, 2.45) is 0 Å². The molecule has 0 aliphatic carbocycles. The second-order valence-corrected chi connectivity index (χ2v) is 2.71. The Balaban J connectivity index is 2.93. The third kappa shape index (κ3) is 1.26. The summed E-state index contributed by atoms with van der Waals surface area (Å²) < 4.78 is 2.66. The highest BCUT2D eigenvalue weighted by atomic mass is 32.1. The van der Waals surface area contributed by atoms with Gasteiger partial charge in [0.15, 0.2) is 4.77 Å². The van der Waals surface area contributed by atoms with Gasteiger partial charge in [-0.05, 0) is 25.6 Å². The van der Waals surface area contributed by atoms with E-state index in [0.29, 0.717) is 10.8 Å². The molecule has 1 aromatic heterocycles. The normalized spacial score (nSPS) is 13.4.